The van der Waals surface area contributed by atoms with Gasteiger partial charge in [-0.25, -0.2) is 4.98 Å². The highest BCUT2D eigenvalue weighted by atomic mass is 16.1. The van der Waals surface area contributed by atoms with Crippen molar-refractivity contribution < 1.29 is 4.79 Å². The number of carbonyl (C=O) groups is 1. The molecule has 0 radical (unpaired) electrons. The van der Waals surface area contributed by atoms with Crippen LogP contribution >= 0.6 is 0 Å². The molecule has 0 unspecified atom stereocenters. The van der Waals surface area contributed by atoms with E-state index >= 15 is 0 Å². The zero-order valence-electron chi connectivity index (χ0n) is 19.7. The van der Waals surface area contributed by atoms with Crippen molar-refractivity contribution in [2.24, 2.45) is 5.92 Å². The molecule has 4 rings (SSSR count). The van der Waals surface area contributed by atoms with Crippen molar-refractivity contribution in [2.45, 2.75) is 38.6 Å². The summed E-state index contributed by atoms with van der Waals surface area (Å²) in [7, 11) is 3.99. The van der Waals surface area contributed by atoms with Crippen LogP contribution in [0.25, 0.3) is 11.1 Å². The van der Waals surface area contributed by atoms with E-state index in [0.29, 0.717) is 23.5 Å². The van der Waals surface area contributed by atoms with E-state index < -0.39 is 0 Å². The summed E-state index contributed by atoms with van der Waals surface area (Å²) in [6, 6.07) is 18.4. The molecule has 1 heterocycles. The predicted molar refractivity (Wildman–Crippen MR) is 135 cm³/mol. The molecule has 0 saturated heterocycles. The highest BCUT2D eigenvalue weighted by Crippen LogP contribution is 2.26. The molecule has 1 fully saturated rings. The highest BCUT2D eigenvalue weighted by Gasteiger charge is 2.22. The molecule has 0 atom stereocenters. The van der Waals surface area contributed by atoms with Crippen molar-refractivity contribution >= 4 is 17.7 Å². The predicted octanol–water partition coefficient (Wildman–Crippen LogP) is 4.92. The van der Waals surface area contributed by atoms with Gasteiger partial charge in [0.2, 0.25) is 5.95 Å². The lowest BCUT2D eigenvalue weighted by molar-refractivity contribution is 0.0943. The molecule has 172 valence electrons. The maximum atomic E-state index is 12.6. The zero-order valence-corrected chi connectivity index (χ0v) is 19.7. The number of nitrogens with zero attached hydrogens (tertiary/aromatic N) is 3. The topological polar surface area (TPSA) is 70.1 Å². The largest absolute Gasteiger partial charge is 0.362 e. The fourth-order valence-corrected chi connectivity index (χ4v) is 4.43. The summed E-state index contributed by atoms with van der Waals surface area (Å²) < 4.78 is 0. The quantitative estimate of drug-likeness (QED) is 0.542. The molecule has 1 aliphatic rings. The Hall–Kier alpha value is -3.41. The summed E-state index contributed by atoms with van der Waals surface area (Å²) in [6.45, 7) is 2.74. The minimum Gasteiger partial charge on any atom is -0.362 e. The Labute approximate surface area is 196 Å². The lowest BCUT2D eigenvalue weighted by atomic mass is 9.86. The van der Waals surface area contributed by atoms with Crippen LogP contribution in [-0.4, -0.2) is 42.6 Å². The summed E-state index contributed by atoms with van der Waals surface area (Å²) in [5.41, 5.74) is 4.05. The highest BCUT2D eigenvalue weighted by molar-refractivity contribution is 5.94. The minimum atomic E-state index is -0.000805. The number of benzene rings is 2. The molecule has 2 N–H and O–H groups in total. The van der Waals surface area contributed by atoms with Crippen molar-refractivity contribution in [1.82, 2.24) is 15.3 Å². The molecule has 3 aromatic rings. The van der Waals surface area contributed by atoms with Crippen LogP contribution in [0.15, 0.2) is 60.8 Å². The van der Waals surface area contributed by atoms with Gasteiger partial charge in [0.1, 0.15) is 5.82 Å². The van der Waals surface area contributed by atoms with Crippen LogP contribution in [0.4, 0.5) is 11.8 Å². The standard InChI is InChI=1S/C27H33N5O/c1-19-17-29-27(31-25(19)32(2)3)30-24-15-9-20(10-16-24)18-28-26(33)23-13-11-22(12-14-23)21-7-5-4-6-8-21/h4-8,11-14,17,20,24H,9-10,15-16,18H2,1-3H3,(H,28,33)(H,29,30,31)/t20-,24+. The fraction of sp³-hybridized carbons (Fsp3) is 0.370. The third-order valence-corrected chi connectivity index (χ3v) is 6.35. The van der Waals surface area contributed by atoms with Crippen molar-refractivity contribution in [3.8, 4) is 11.1 Å². The molecular formula is C27H33N5O. The molecule has 33 heavy (non-hydrogen) atoms. The van der Waals surface area contributed by atoms with Crippen LogP contribution in [-0.2, 0) is 0 Å². The molecule has 1 aliphatic carbocycles. The minimum absolute atomic E-state index is 0.000805. The smallest absolute Gasteiger partial charge is 0.251 e. The molecule has 0 aliphatic heterocycles. The Morgan fingerprint density at radius 3 is 2.30 bits per heavy atom. The van der Waals surface area contributed by atoms with E-state index in [1.807, 2.05) is 74.6 Å². The summed E-state index contributed by atoms with van der Waals surface area (Å²) in [6.07, 6.45) is 6.15. The number of carbonyl (C=O) groups excluding carboxylic acids is 1. The van der Waals surface area contributed by atoms with Crippen molar-refractivity contribution in [3.63, 3.8) is 0 Å². The number of hydrogen-bond acceptors (Lipinski definition) is 5. The average molecular weight is 444 g/mol. The van der Waals surface area contributed by atoms with Gasteiger partial charge >= 0.3 is 0 Å². The fourth-order valence-electron chi connectivity index (χ4n) is 4.43. The van der Waals surface area contributed by atoms with E-state index in [1.54, 1.807) is 0 Å². The van der Waals surface area contributed by atoms with Gasteiger partial charge in [0.25, 0.3) is 5.91 Å². The number of nitrogens with one attached hydrogen (secondary N) is 2. The van der Waals surface area contributed by atoms with E-state index in [-0.39, 0.29) is 5.91 Å². The van der Waals surface area contributed by atoms with Gasteiger partial charge in [0.05, 0.1) is 0 Å². The van der Waals surface area contributed by atoms with Gasteiger partial charge in [-0.15, -0.1) is 0 Å². The van der Waals surface area contributed by atoms with Crippen LogP contribution in [0, 0.1) is 12.8 Å². The number of aromatic nitrogens is 2. The van der Waals surface area contributed by atoms with Crippen LogP contribution in [0.5, 0.6) is 0 Å². The monoisotopic (exact) mass is 443 g/mol. The van der Waals surface area contributed by atoms with E-state index in [0.717, 1.165) is 54.7 Å². The SMILES string of the molecule is Cc1cnc(N[C@H]2CC[C@@H](CNC(=O)c3ccc(-c4ccccc4)cc3)CC2)nc1N(C)C. The first-order valence-electron chi connectivity index (χ1n) is 11.7. The number of hydrogen-bond donors (Lipinski definition) is 2. The van der Waals surface area contributed by atoms with E-state index in [2.05, 4.69) is 32.7 Å². The van der Waals surface area contributed by atoms with Crippen molar-refractivity contribution in [3.05, 3.63) is 71.9 Å². The van der Waals surface area contributed by atoms with Gasteiger partial charge < -0.3 is 15.5 Å². The number of amides is 1. The third kappa shape index (κ3) is 5.89. The van der Waals surface area contributed by atoms with Gasteiger partial charge in [0.15, 0.2) is 0 Å². The first-order chi connectivity index (χ1) is 16.0. The normalized spacial score (nSPS) is 17.9. The van der Waals surface area contributed by atoms with Crippen LogP contribution in [0.2, 0.25) is 0 Å². The Morgan fingerprint density at radius 1 is 0.970 bits per heavy atom. The summed E-state index contributed by atoms with van der Waals surface area (Å²) >= 11 is 0. The molecule has 6 heteroatoms. The van der Waals surface area contributed by atoms with Gasteiger partial charge in [-0.05, 0) is 61.8 Å². The van der Waals surface area contributed by atoms with Crippen molar-refractivity contribution in [1.29, 1.82) is 0 Å². The Balaban J connectivity index is 1.23. The van der Waals surface area contributed by atoms with Crippen molar-refractivity contribution in [2.75, 3.05) is 30.9 Å². The second kappa shape index (κ2) is 10.5. The third-order valence-electron chi connectivity index (χ3n) is 6.35. The van der Waals surface area contributed by atoms with Gasteiger partial charge in [-0.2, -0.15) is 4.98 Å². The van der Waals surface area contributed by atoms with E-state index in [4.69, 9.17) is 0 Å². The molecule has 1 aromatic heterocycles. The number of anilines is 2. The van der Waals surface area contributed by atoms with Crippen LogP contribution < -0.4 is 15.5 Å². The Morgan fingerprint density at radius 2 is 1.64 bits per heavy atom. The Bertz CT molecular complexity index is 1060. The number of aryl methyl sites for hydroxylation is 1. The average Bonchev–Trinajstić information content (AvgIpc) is 2.85. The summed E-state index contributed by atoms with van der Waals surface area (Å²) in [4.78, 5) is 23.7. The lowest BCUT2D eigenvalue weighted by Crippen LogP contribution is -2.34. The molecule has 6 nitrogen and oxygen atoms in total. The molecule has 2 aromatic carbocycles. The van der Waals surface area contributed by atoms with E-state index in [1.165, 1.54) is 0 Å². The molecule has 0 spiro atoms. The first-order valence-corrected chi connectivity index (χ1v) is 11.7. The van der Waals surface area contributed by atoms with Crippen LogP contribution in [0.3, 0.4) is 0 Å². The second-order valence-electron chi connectivity index (χ2n) is 9.11. The first kappa shape index (κ1) is 22.8. The summed E-state index contributed by atoms with van der Waals surface area (Å²) in [5.74, 6) is 2.15. The van der Waals surface area contributed by atoms with Gasteiger partial charge in [-0.3, -0.25) is 4.79 Å². The lowest BCUT2D eigenvalue weighted by Gasteiger charge is -2.29. The molecule has 0 bridgehead atoms. The maximum Gasteiger partial charge on any atom is 0.251 e. The van der Waals surface area contributed by atoms with E-state index in [9.17, 15) is 4.79 Å². The molecule has 1 amide bonds. The molecular weight excluding hydrogens is 410 g/mol. The number of rotatable bonds is 7. The maximum absolute atomic E-state index is 12.6. The van der Waals surface area contributed by atoms with Crippen LogP contribution in [0.1, 0.15) is 41.6 Å². The second-order valence-corrected chi connectivity index (χ2v) is 9.11. The van der Waals surface area contributed by atoms with Gasteiger partial charge in [0, 0.05) is 44.0 Å². The zero-order chi connectivity index (χ0) is 23.2. The summed E-state index contributed by atoms with van der Waals surface area (Å²) in [5, 5.41) is 6.63. The van der Waals surface area contributed by atoms with Gasteiger partial charge in [-0.1, -0.05) is 42.5 Å². The molecule has 1 saturated carbocycles. The Kier molecular flexibility index (Phi) is 7.23.